The second-order valence-corrected chi connectivity index (χ2v) is 3.26. The lowest BCUT2D eigenvalue weighted by atomic mass is 10.1. The van der Waals surface area contributed by atoms with Gasteiger partial charge in [-0.15, -0.1) is 5.10 Å². The molecule has 0 aromatic carbocycles. The number of carbonyl (C=O) groups is 1. The zero-order valence-electron chi connectivity index (χ0n) is 8.90. The van der Waals surface area contributed by atoms with Crippen LogP contribution in [0.15, 0.2) is 12.3 Å². The Hall–Kier alpha value is -1.65. The highest BCUT2D eigenvalue weighted by atomic mass is 16.4. The fourth-order valence-electron chi connectivity index (χ4n) is 1.30. The fraction of sp³-hybridized carbons (Fsp3) is 0.500. The van der Waals surface area contributed by atoms with Crippen LogP contribution in [0.5, 0.6) is 0 Å². The molecule has 0 aliphatic heterocycles. The van der Waals surface area contributed by atoms with E-state index in [0.717, 1.165) is 12.8 Å². The highest BCUT2D eigenvalue weighted by Gasteiger charge is 2.13. The van der Waals surface area contributed by atoms with E-state index in [1.165, 1.54) is 12.3 Å². The Labute approximate surface area is 88.5 Å². The lowest BCUT2D eigenvalue weighted by molar-refractivity contribution is 0.0697. The number of nitrogens with zero attached hydrogens (tertiary/aromatic N) is 2. The van der Waals surface area contributed by atoms with E-state index in [1.54, 1.807) is 0 Å². The second kappa shape index (κ2) is 5.29. The van der Waals surface area contributed by atoms with Crippen molar-refractivity contribution in [3.05, 3.63) is 17.8 Å². The smallest absolute Gasteiger partial charge is 0.339 e. The van der Waals surface area contributed by atoms with Gasteiger partial charge in [-0.3, -0.25) is 0 Å². The molecule has 15 heavy (non-hydrogen) atoms. The molecule has 0 amide bonds. The molecule has 5 nitrogen and oxygen atoms in total. The van der Waals surface area contributed by atoms with Crippen LogP contribution in [-0.2, 0) is 0 Å². The van der Waals surface area contributed by atoms with Gasteiger partial charge >= 0.3 is 5.97 Å². The van der Waals surface area contributed by atoms with Gasteiger partial charge in [-0.1, -0.05) is 13.8 Å². The van der Waals surface area contributed by atoms with Crippen molar-refractivity contribution < 1.29 is 9.90 Å². The Morgan fingerprint density at radius 1 is 1.53 bits per heavy atom. The third kappa shape index (κ3) is 2.90. The third-order valence-corrected chi connectivity index (χ3v) is 2.28. The predicted molar refractivity (Wildman–Crippen MR) is 57.0 cm³/mol. The topological polar surface area (TPSA) is 75.1 Å². The Kier molecular flexibility index (Phi) is 4.03. The van der Waals surface area contributed by atoms with Crippen LogP contribution in [0.1, 0.15) is 37.0 Å². The normalized spacial score (nSPS) is 10.3. The van der Waals surface area contributed by atoms with E-state index < -0.39 is 5.97 Å². The van der Waals surface area contributed by atoms with Gasteiger partial charge in [0.1, 0.15) is 5.56 Å². The number of anilines is 1. The summed E-state index contributed by atoms with van der Waals surface area (Å²) in [5, 5.41) is 19.5. The van der Waals surface area contributed by atoms with Crippen LogP contribution in [0.3, 0.4) is 0 Å². The van der Waals surface area contributed by atoms with Crippen molar-refractivity contribution in [3.63, 3.8) is 0 Å². The Balaban J connectivity index is 2.88. The number of rotatable bonds is 5. The third-order valence-electron chi connectivity index (χ3n) is 2.28. The predicted octanol–water partition coefficient (Wildman–Crippen LogP) is 1.78. The first-order chi connectivity index (χ1) is 7.19. The maximum Gasteiger partial charge on any atom is 0.339 e. The summed E-state index contributed by atoms with van der Waals surface area (Å²) in [7, 11) is 0. The van der Waals surface area contributed by atoms with E-state index in [1.807, 2.05) is 13.8 Å². The molecule has 1 aromatic rings. The molecule has 5 heteroatoms. The molecule has 0 aliphatic carbocycles. The van der Waals surface area contributed by atoms with Gasteiger partial charge in [0, 0.05) is 6.04 Å². The highest BCUT2D eigenvalue weighted by molar-refractivity contribution is 5.92. The van der Waals surface area contributed by atoms with Crippen LogP contribution >= 0.6 is 0 Å². The summed E-state index contributed by atoms with van der Waals surface area (Å²) < 4.78 is 0. The van der Waals surface area contributed by atoms with Crippen LogP contribution < -0.4 is 5.32 Å². The fourth-order valence-corrected chi connectivity index (χ4v) is 1.30. The lowest BCUT2D eigenvalue weighted by Gasteiger charge is -2.15. The maximum atomic E-state index is 10.9. The maximum absolute atomic E-state index is 10.9. The number of nitrogens with one attached hydrogen (secondary N) is 1. The van der Waals surface area contributed by atoms with E-state index in [0.29, 0.717) is 5.82 Å². The first-order valence-electron chi connectivity index (χ1n) is 5.00. The number of carboxylic acid groups (broad SMARTS) is 1. The molecule has 2 N–H and O–H groups in total. The summed E-state index contributed by atoms with van der Waals surface area (Å²) in [6.45, 7) is 4.08. The summed E-state index contributed by atoms with van der Waals surface area (Å²) >= 11 is 0. The van der Waals surface area contributed by atoms with Gasteiger partial charge in [0.05, 0.1) is 6.20 Å². The van der Waals surface area contributed by atoms with Crippen molar-refractivity contribution in [2.24, 2.45) is 0 Å². The molecule has 0 fully saturated rings. The van der Waals surface area contributed by atoms with Gasteiger partial charge in [-0.05, 0) is 18.9 Å². The monoisotopic (exact) mass is 209 g/mol. The quantitative estimate of drug-likeness (QED) is 0.773. The number of hydrogen-bond donors (Lipinski definition) is 2. The van der Waals surface area contributed by atoms with Gasteiger partial charge in [-0.2, -0.15) is 5.10 Å². The van der Waals surface area contributed by atoms with Crippen LogP contribution in [0.4, 0.5) is 5.82 Å². The molecule has 0 spiro atoms. The number of carboxylic acids is 1. The number of aromatic nitrogens is 2. The molecule has 0 bridgehead atoms. The minimum absolute atomic E-state index is 0.164. The Morgan fingerprint density at radius 2 is 2.20 bits per heavy atom. The SMILES string of the molecule is CCC(CC)Nc1nnccc1C(=O)O. The van der Waals surface area contributed by atoms with E-state index in [9.17, 15) is 4.79 Å². The zero-order chi connectivity index (χ0) is 11.3. The van der Waals surface area contributed by atoms with Gasteiger partial charge in [-0.25, -0.2) is 4.79 Å². The summed E-state index contributed by atoms with van der Waals surface area (Å²) in [5.41, 5.74) is 0.164. The molecule has 0 saturated carbocycles. The molecule has 1 aromatic heterocycles. The van der Waals surface area contributed by atoms with Gasteiger partial charge in [0.25, 0.3) is 0 Å². The second-order valence-electron chi connectivity index (χ2n) is 3.26. The minimum Gasteiger partial charge on any atom is -0.478 e. The molecule has 0 unspecified atom stereocenters. The van der Waals surface area contributed by atoms with Gasteiger partial charge < -0.3 is 10.4 Å². The molecular weight excluding hydrogens is 194 g/mol. The van der Waals surface area contributed by atoms with E-state index in [4.69, 9.17) is 5.11 Å². The van der Waals surface area contributed by atoms with E-state index in [2.05, 4.69) is 15.5 Å². The van der Waals surface area contributed by atoms with Gasteiger partial charge in [0.2, 0.25) is 0 Å². The summed E-state index contributed by atoms with van der Waals surface area (Å²) in [6.07, 6.45) is 3.22. The molecule has 0 aliphatic rings. The molecule has 0 radical (unpaired) electrons. The van der Waals surface area contributed by atoms with Crippen LogP contribution in [-0.4, -0.2) is 27.3 Å². The van der Waals surface area contributed by atoms with Crippen molar-refractivity contribution in [1.29, 1.82) is 0 Å². The largest absolute Gasteiger partial charge is 0.478 e. The Morgan fingerprint density at radius 3 is 2.73 bits per heavy atom. The molecule has 1 heterocycles. The van der Waals surface area contributed by atoms with Crippen molar-refractivity contribution >= 4 is 11.8 Å². The zero-order valence-corrected chi connectivity index (χ0v) is 8.90. The van der Waals surface area contributed by atoms with Crippen LogP contribution in [0.2, 0.25) is 0 Å². The summed E-state index contributed by atoms with van der Waals surface area (Å²) in [4.78, 5) is 10.9. The molecule has 0 saturated heterocycles. The van der Waals surface area contributed by atoms with Crippen LogP contribution in [0.25, 0.3) is 0 Å². The van der Waals surface area contributed by atoms with Crippen molar-refractivity contribution in [1.82, 2.24) is 10.2 Å². The minimum atomic E-state index is -0.988. The lowest BCUT2D eigenvalue weighted by Crippen LogP contribution is -2.20. The standard InChI is InChI=1S/C10H15N3O2/c1-3-7(4-2)12-9-8(10(14)15)5-6-11-13-9/h5-7H,3-4H2,1-2H3,(H,12,13)(H,14,15). The molecule has 0 atom stereocenters. The molecule has 1 rings (SSSR count). The highest BCUT2D eigenvalue weighted by Crippen LogP contribution is 2.13. The summed E-state index contributed by atoms with van der Waals surface area (Å²) in [6, 6.07) is 1.68. The first kappa shape index (κ1) is 11.4. The van der Waals surface area contributed by atoms with E-state index >= 15 is 0 Å². The number of aromatic carboxylic acids is 1. The average Bonchev–Trinajstić information content (AvgIpc) is 2.26. The number of hydrogen-bond acceptors (Lipinski definition) is 4. The first-order valence-corrected chi connectivity index (χ1v) is 5.00. The van der Waals surface area contributed by atoms with E-state index in [-0.39, 0.29) is 11.6 Å². The van der Waals surface area contributed by atoms with Crippen molar-refractivity contribution in [3.8, 4) is 0 Å². The average molecular weight is 209 g/mol. The van der Waals surface area contributed by atoms with Crippen molar-refractivity contribution in [2.45, 2.75) is 32.7 Å². The van der Waals surface area contributed by atoms with Crippen LogP contribution in [0, 0.1) is 0 Å². The van der Waals surface area contributed by atoms with Gasteiger partial charge in [0.15, 0.2) is 5.82 Å². The molecular formula is C10H15N3O2. The summed E-state index contributed by atoms with van der Waals surface area (Å²) in [5.74, 6) is -0.642. The van der Waals surface area contributed by atoms with Crippen molar-refractivity contribution in [2.75, 3.05) is 5.32 Å². The molecule has 82 valence electrons. The Bertz CT molecular complexity index is 337.